The summed E-state index contributed by atoms with van der Waals surface area (Å²) in [5.74, 6) is -0.00133. The summed E-state index contributed by atoms with van der Waals surface area (Å²) in [6, 6.07) is 8.00. The van der Waals surface area contributed by atoms with Crippen LogP contribution in [0.15, 0.2) is 24.3 Å². The highest BCUT2D eigenvalue weighted by Crippen LogP contribution is 2.29. The number of carbonyl (C=O) groups is 1. The van der Waals surface area contributed by atoms with Gasteiger partial charge in [0.15, 0.2) is 0 Å². The Labute approximate surface area is 135 Å². The Balaban J connectivity index is 2.25. The molecule has 1 N–H and O–H groups in total. The van der Waals surface area contributed by atoms with E-state index in [0.717, 1.165) is 21.1 Å². The molecule has 2 aromatic rings. The summed E-state index contributed by atoms with van der Waals surface area (Å²) >= 11 is 1.56. The fourth-order valence-corrected chi connectivity index (χ4v) is 3.11. The molecule has 22 heavy (non-hydrogen) atoms. The molecular formula is C17H22N2O2S. The second kappa shape index (κ2) is 7.03. The third kappa shape index (κ3) is 3.72. The average molecular weight is 318 g/mol. The molecule has 1 atom stereocenters. The summed E-state index contributed by atoms with van der Waals surface area (Å²) < 4.78 is 0. The van der Waals surface area contributed by atoms with Gasteiger partial charge < -0.3 is 10.0 Å². The molecule has 0 saturated carbocycles. The molecule has 0 aliphatic rings. The second-order valence-electron chi connectivity index (χ2n) is 5.58. The first-order valence-corrected chi connectivity index (χ1v) is 8.14. The predicted octanol–water partition coefficient (Wildman–Crippen LogP) is 2.81. The highest BCUT2D eigenvalue weighted by atomic mass is 32.1. The summed E-state index contributed by atoms with van der Waals surface area (Å²) in [7, 11) is 1.72. The number of aliphatic hydroxyl groups is 1. The highest BCUT2D eigenvalue weighted by molar-refractivity contribution is 7.12. The topological polar surface area (TPSA) is 53.4 Å². The third-order valence-corrected chi connectivity index (χ3v) is 4.73. The van der Waals surface area contributed by atoms with Gasteiger partial charge in [-0.25, -0.2) is 4.98 Å². The van der Waals surface area contributed by atoms with Gasteiger partial charge in [0.2, 0.25) is 5.91 Å². The zero-order valence-corrected chi connectivity index (χ0v) is 14.3. The Morgan fingerprint density at radius 3 is 2.55 bits per heavy atom. The Morgan fingerprint density at radius 2 is 1.95 bits per heavy atom. The van der Waals surface area contributed by atoms with Gasteiger partial charge in [0, 0.05) is 17.5 Å². The molecule has 0 bridgehead atoms. The van der Waals surface area contributed by atoms with Crippen LogP contribution in [0.5, 0.6) is 0 Å². The van der Waals surface area contributed by atoms with Crippen LogP contribution in [0.4, 0.5) is 0 Å². The van der Waals surface area contributed by atoms with Crippen LogP contribution in [0.2, 0.25) is 0 Å². The number of thiazole rings is 1. The largest absolute Gasteiger partial charge is 0.394 e. The maximum atomic E-state index is 12.4. The molecule has 2 rings (SSSR count). The number of amides is 1. The van der Waals surface area contributed by atoms with E-state index in [9.17, 15) is 9.90 Å². The van der Waals surface area contributed by atoms with Crippen LogP contribution in [0.3, 0.4) is 0 Å². The average Bonchev–Trinajstić information content (AvgIpc) is 2.86. The number of likely N-dealkylation sites (N-methyl/N-ethyl adjacent to an activating group) is 1. The van der Waals surface area contributed by atoms with Crippen molar-refractivity contribution < 1.29 is 9.90 Å². The standard InChI is InChI=1S/C17H22N2O2S/c1-11-5-7-14(8-6-11)17-15(22-13(3)18-17)9-16(21)19(4)12(2)10-20/h5-8,12,20H,9-10H2,1-4H3. The number of carbonyl (C=O) groups excluding carboxylic acids is 1. The van der Waals surface area contributed by atoms with Crippen LogP contribution in [0.25, 0.3) is 11.3 Å². The lowest BCUT2D eigenvalue weighted by molar-refractivity contribution is -0.131. The first-order valence-electron chi connectivity index (χ1n) is 7.32. The molecular weight excluding hydrogens is 296 g/mol. The van der Waals surface area contributed by atoms with E-state index < -0.39 is 0 Å². The van der Waals surface area contributed by atoms with E-state index >= 15 is 0 Å². The van der Waals surface area contributed by atoms with Crippen LogP contribution in [-0.2, 0) is 11.2 Å². The Hall–Kier alpha value is -1.72. The molecule has 1 heterocycles. The van der Waals surface area contributed by atoms with Crippen LogP contribution in [-0.4, -0.2) is 40.6 Å². The van der Waals surface area contributed by atoms with Gasteiger partial charge in [-0.15, -0.1) is 11.3 Å². The molecule has 118 valence electrons. The molecule has 0 fully saturated rings. The minimum atomic E-state index is -0.177. The van der Waals surface area contributed by atoms with Crippen molar-refractivity contribution in [2.45, 2.75) is 33.2 Å². The molecule has 1 aromatic heterocycles. The Bertz CT molecular complexity index is 649. The van der Waals surface area contributed by atoms with Gasteiger partial charge in [0.05, 0.1) is 29.8 Å². The van der Waals surface area contributed by atoms with Gasteiger partial charge in [-0.1, -0.05) is 29.8 Å². The van der Waals surface area contributed by atoms with E-state index in [1.165, 1.54) is 5.56 Å². The maximum absolute atomic E-state index is 12.4. The number of aliphatic hydroxyl groups excluding tert-OH is 1. The third-order valence-electron chi connectivity index (χ3n) is 3.76. The van der Waals surface area contributed by atoms with E-state index in [-0.39, 0.29) is 18.6 Å². The van der Waals surface area contributed by atoms with Crippen molar-refractivity contribution in [1.82, 2.24) is 9.88 Å². The summed E-state index contributed by atoms with van der Waals surface area (Å²) in [5, 5.41) is 10.1. The minimum absolute atomic E-state index is 0.00133. The molecule has 1 aromatic carbocycles. The molecule has 4 nitrogen and oxygen atoms in total. The molecule has 0 saturated heterocycles. The van der Waals surface area contributed by atoms with Gasteiger partial charge in [0.25, 0.3) is 0 Å². The van der Waals surface area contributed by atoms with Crippen molar-refractivity contribution >= 4 is 17.2 Å². The van der Waals surface area contributed by atoms with E-state index in [0.29, 0.717) is 6.42 Å². The number of aryl methyl sites for hydroxylation is 2. The second-order valence-corrected chi connectivity index (χ2v) is 6.87. The quantitative estimate of drug-likeness (QED) is 0.922. The first kappa shape index (κ1) is 16.6. The molecule has 0 aliphatic heterocycles. The number of aromatic nitrogens is 1. The van der Waals surface area contributed by atoms with Crippen molar-refractivity contribution in [3.05, 3.63) is 39.7 Å². The van der Waals surface area contributed by atoms with Gasteiger partial charge in [0.1, 0.15) is 0 Å². The summed E-state index contributed by atoms with van der Waals surface area (Å²) in [5.41, 5.74) is 3.13. The molecule has 0 spiro atoms. The smallest absolute Gasteiger partial charge is 0.227 e. The summed E-state index contributed by atoms with van der Waals surface area (Å²) in [6.07, 6.45) is 0.315. The minimum Gasteiger partial charge on any atom is -0.394 e. The van der Waals surface area contributed by atoms with Crippen LogP contribution in [0.1, 0.15) is 22.4 Å². The predicted molar refractivity (Wildman–Crippen MR) is 90.0 cm³/mol. The summed E-state index contributed by atoms with van der Waals surface area (Å²) in [4.78, 5) is 19.5. The normalized spacial score (nSPS) is 12.2. The summed E-state index contributed by atoms with van der Waals surface area (Å²) in [6.45, 7) is 5.80. The lowest BCUT2D eigenvalue weighted by Crippen LogP contribution is -2.38. The molecule has 1 amide bonds. The number of benzene rings is 1. The molecule has 0 radical (unpaired) electrons. The number of hydrogen-bond donors (Lipinski definition) is 1. The Kier molecular flexibility index (Phi) is 5.32. The molecule has 5 heteroatoms. The first-order chi connectivity index (χ1) is 10.4. The van der Waals surface area contributed by atoms with Gasteiger partial charge >= 0.3 is 0 Å². The number of hydrogen-bond acceptors (Lipinski definition) is 4. The SMILES string of the molecule is Cc1ccc(-c2nc(C)sc2CC(=O)N(C)C(C)CO)cc1. The van der Waals surface area contributed by atoms with Gasteiger partial charge in [-0.3, -0.25) is 4.79 Å². The van der Waals surface area contributed by atoms with E-state index in [2.05, 4.69) is 17.1 Å². The molecule has 0 aliphatic carbocycles. The molecule has 1 unspecified atom stereocenters. The van der Waals surface area contributed by atoms with Gasteiger partial charge in [-0.2, -0.15) is 0 Å². The lowest BCUT2D eigenvalue weighted by atomic mass is 10.1. The van der Waals surface area contributed by atoms with Crippen molar-refractivity contribution in [1.29, 1.82) is 0 Å². The van der Waals surface area contributed by atoms with Gasteiger partial charge in [-0.05, 0) is 20.8 Å². The van der Waals surface area contributed by atoms with Crippen LogP contribution >= 0.6 is 11.3 Å². The zero-order valence-electron chi connectivity index (χ0n) is 13.5. The van der Waals surface area contributed by atoms with Crippen molar-refractivity contribution in [3.8, 4) is 11.3 Å². The van der Waals surface area contributed by atoms with Crippen LogP contribution in [0, 0.1) is 13.8 Å². The Morgan fingerprint density at radius 1 is 1.32 bits per heavy atom. The lowest BCUT2D eigenvalue weighted by Gasteiger charge is -2.23. The van der Waals surface area contributed by atoms with Crippen molar-refractivity contribution in [2.24, 2.45) is 0 Å². The maximum Gasteiger partial charge on any atom is 0.227 e. The van der Waals surface area contributed by atoms with Crippen molar-refractivity contribution in [2.75, 3.05) is 13.7 Å². The van der Waals surface area contributed by atoms with E-state index in [1.54, 1.807) is 23.3 Å². The number of rotatable bonds is 5. The van der Waals surface area contributed by atoms with E-state index in [4.69, 9.17) is 0 Å². The van der Waals surface area contributed by atoms with Crippen LogP contribution < -0.4 is 0 Å². The van der Waals surface area contributed by atoms with Crippen molar-refractivity contribution in [3.63, 3.8) is 0 Å². The monoisotopic (exact) mass is 318 g/mol. The fraction of sp³-hybridized carbons (Fsp3) is 0.412. The zero-order chi connectivity index (χ0) is 16.3. The highest BCUT2D eigenvalue weighted by Gasteiger charge is 2.19. The number of nitrogens with zero attached hydrogens (tertiary/aromatic N) is 2. The fourth-order valence-electron chi connectivity index (χ4n) is 2.16. The van der Waals surface area contributed by atoms with E-state index in [1.807, 2.05) is 32.9 Å².